The van der Waals surface area contributed by atoms with Gasteiger partial charge in [-0.25, -0.2) is 9.97 Å². The Bertz CT molecular complexity index is 870. The number of halogens is 3. The zero-order valence-corrected chi connectivity index (χ0v) is 13.3. The number of nitrogens with zero attached hydrogens (tertiary/aromatic N) is 3. The minimum atomic E-state index is -4.45. The number of fused-ring (bicyclic) bond motifs is 1. The van der Waals surface area contributed by atoms with Crippen LogP contribution in [0, 0.1) is 0 Å². The van der Waals surface area contributed by atoms with Crippen LogP contribution in [0.2, 0.25) is 0 Å². The van der Waals surface area contributed by atoms with E-state index in [9.17, 15) is 13.2 Å². The van der Waals surface area contributed by atoms with Gasteiger partial charge in [0.05, 0.1) is 11.6 Å². The summed E-state index contributed by atoms with van der Waals surface area (Å²) in [6.07, 6.45) is -1.34. The van der Waals surface area contributed by atoms with E-state index >= 15 is 0 Å². The van der Waals surface area contributed by atoms with Crippen molar-refractivity contribution in [2.24, 2.45) is 0 Å². The molecule has 1 atom stereocenters. The molecular weight excluding hydrogens is 333 g/mol. The predicted octanol–water partition coefficient (Wildman–Crippen LogP) is 3.92. The number of rotatable bonds is 5. The second kappa shape index (κ2) is 6.92. The standard InChI is InChI=1S/C17H15F3N4O/c1-11(10-25-14-5-3-2-4-12(14)17(18,19)20)23-15-7-6-13-16(24-15)22-9-8-21-13/h2-9,11H,10H2,1H3,(H,22,23,24). The number of para-hydroxylation sites is 1. The zero-order chi connectivity index (χ0) is 17.9. The largest absolute Gasteiger partial charge is 0.491 e. The number of hydrogen-bond acceptors (Lipinski definition) is 5. The fraction of sp³-hybridized carbons (Fsp3) is 0.235. The van der Waals surface area contributed by atoms with Gasteiger partial charge in [0.25, 0.3) is 0 Å². The molecule has 0 saturated heterocycles. The molecule has 1 N–H and O–H groups in total. The van der Waals surface area contributed by atoms with Crippen LogP contribution < -0.4 is 10.1 Å². The molecular formula is C17H15F3N4O. The molecule has 5 nitrogen and oxygen atoms in total. The molecule has 1 unspecified atom stereocenters. The first kappa shape index (κ1) is 16.9. The quantitative estimate of drug-likeness (QED) is 0.757. The summed E-state index contributed by atoms with van der Waals surface area (Å²) in [5.74, 6) is 0.356. The minimum Gasteiger partial charge on any atom is -0.491 e. The second-order valence-electron chi connectivity index (χ2n) is 5.45. The third kappa shape index (κ3) is 4.14. The van der Waals surface area contributed by atoms with E-state index in [1.165, 1.54) is 18.2 Å². The Morgan fingerprint density at radius 3 is 2.64 bits per heavy atom. The molecule has 0 aliphatic rings. The minimum absolute atomic E-state index is 0.0489. The summed E-state index contributed by atoms with van der Waals surface area (Å²) in [7, 11) is 0. The first-order valence-electron chi connectivity index (χ1n) is 7.57. The molecule has 0 bridgehead atoms. The van der Waals surface area contributed by atoms with E-state index in [1.54, 1.807) is 31.5 Å². The predicted molar refractivity (Wildman–Crippen MR) is 87.4 cm³/mol. The highest BCUT2D eigenvalue weighted by atomic mass is 19.4. The van der Waals surface area contributed by atoms with Crippen molar-refractivity contribution in [2.75, 3.05) is 11.9 Å². The van der Waals surface area contributed by atoms with Crippen LogP contribution in [0.5, 0.6) is 5.75 Å². The van der Waals surface area contributed by atoms with Crippen molar-refractivity contribution >= 4 is 17.0 Å². The van der Waals surface area contributed by atoms with Gasteiger partial charge in [-0.3, -0.25) is 4.98 Å². The van der Waals surface area contributed by atoms with Crippen molar-refractivity contribution in [3.63, 3.8) is 0 Å². The Morgan fingerprint density at radius 2 is 1.84 bits per heavy atom. The van der Waals surface area contributed by atoms with E-state index in [0.717, 1.165) is 6.07 Å². The third-order valence-corrected chi connectivity index (χ3v) is 3.41. The summed E-state index contributed by atoms with van der Waals surface area (Å²) in [4.78, 5) is 12.5. The Balaban J connectivity index is 1.66. The van der Waals surface area contributed by atoms with Crippen molar-refractivity contribution < 1.29 is 17.9 Å². The van der Waals surface area contributed by atoms with Crippen LogP contribution in [0.1, 0.15) is 12.5 Å². The zero-order valence-electron chi connectivity index (χ0n) is 13.3. The van der Waals surface area contributed by atoms with Crippen LogP contribution in [0.15, 0.2) is 48.8 Å². The van der Waals surface area contributed by atoms with Gasteiger partial charge < -0.3 is 10.1 Å². The Hall–Kier alpha value is -2.90. The number of benzene rings is 1. The van der Waals surface area contributed by atoms with Crippen molar-refractivity contribution in [2.45, 2.75) is 19.1 Å². The number of aromatic nitrogens is 3. The van der Waals surface area contributed by atoms with E-state index < -0.39 is 11.7 Å². The first-order valence-corrected chi connectivity index (χ1v) is 7.57. The molecule has 0 spiro atoms. The molecule has 130 valence electrons. The third-order valence-electron chi connectivity index (χ3n) is 3.41. The summed E-state index contributed by atoms with van der Waals surface area (Å²) in [5.41, 5.74) is 0.361. The topological polar surface area (TPSA) is 59.9 Å². The van der Waals surface area contributed by atoms with Crippen LogP contribution in [0.4, 0.5) is 19.0 Å². The number of anilines is 1. The van der Waals surface area contributed by atoms with Crippen molar-refractivity contribution in [3.05, 3.63) is 54.4 Å². The SMILES string of the molecule is CC(COc1ccccc1C(F)(F)F)Nc1ccc2nccnc2n1. The number of hydrogen-bond donors (Lipinski definition) is 1. The van der Waals surface area contributed by atoms with Gasteiger partial charge in [0.15, 0.2) is 5.65 Å². The maximum Gasteiger partial charge on any atom is 0.419 e. The van der Waals surface area contributed by atoms with Gasteiger partial charge in [-0.2, -0.15) is 13.2 Å². The normalized spacial score (nSPS) is 12.8. The fourth-order valence-corrected chi connectivity index (χ4v) is 2.27. The molecule has 2 aromatic heterocycles. The molecule has 3 rings (SSSR count). The average Bonchev–Trinajstić information content (AvgIpc) is 2.59. The highest BCUT2D eigenvalue weighted by Gasteiger charge is 2.34. The molecule has 0 saturated carbocycles. The Kier molecular flexibility index (Phi) is 4.69. The summed E-state index contributed by atoms with van der Waals surface area (Å²) in [6.45, 7) is 1.84. The highest BCUT2D eigenvalue weighted by Crippen LogP contribution is 2.35. The first-order chi connectivity index (χ1) is 11.9. The number of alkyl halides is 3. The van der Waals surface area contributed by atoms with Crippen molar-refractivity contribution in [1.82, 2.24) is 15.0 Å². The van der Waals surface area contributed by atoms with E-state index in [1.807, 2.05) is 0 Å². The molecule has 2 heterocycles. The lowest BCUT2D eigenvalue weighted by atomic mass is 10.2. The summed E-state index contributed by atoms with van der Waals surface area (Å²) < 4.78 is 44.2. The molecule has 1 aromatic carbocycles. The van der Waals surface area contributed by atoms with Gasteiger partial charge in [0.2, 0.25) is 0 Å². The second-order valence-corrected chi connectivity index (χ2v) is 5.45. The number of nitrogens with one attached hydrogen (secondary N) is 1. The summed E-state index contributed by atoms with van der Waals surface area (Å²) >= 11 is 0. The lowest BCUT2D eigenvalue weighted by Crippen LogP contribution is -2.24. The molecule has 0 amide bonds. The summed E-state index contributed by atoms with van der Waals surface area (Å²) in [6, 6.07) is 8.38. The van der Waals surface area contributed by atoms with E-state index in [-0.39, 0.29) is 18.4 Å². The van der Waals surface area contributed by atoms with E-state index in [4.69, 9.17) is 4.74 Å². The van der Waals surface area contributed by atoms with Crippen molar-refractivity contribution in [3.8, 4) is 5.75 Å². The van der Waals surface area contributed by atoms with Gasteiger partial charge in [0, 0.05) is 12.4 Å². The highest BCUT2D eigenvalue weighted by molar-refractivity contribution is 5.71. The van der Waals surface area contributed by atoms with Gasteiger partial charge in [-0.1, -0.05) is 12.1 Å². The molecule has 0 aliphatic carbocycles. The summed E-state index contributed by atoms with van der Waals surface area (Å²) in [5, 5.41) is 3.08. The maximum absolute atomic E-state index is 12.9. The van der Waals surface area contributed by atoms with E-state index in [0.29, 0.717) is 17.0 Å². The fourth-order valence-electron chi connectivity index (χ4n) is 2.27. The lowest BCUT2D eigenvalue weighted by molar-refractivity contribution is -0.139. The van der Waals surface area contributed by atoms with Gasteiger partial charge in [0.1, 0.15) is 23.7 Å². The molecule has 25 heavy (non-hydrogen) atoms. The van der Waals surface area contributed by atoms with Crippen LogP contribution in [0.3, 0.4) is 0 Å². The molecule has 0 aliphatic heterocycles. The average molecular weight is 348 g/mol. The van der Waals surface area contributed by atoms with Crippen LogP contribution >= 0.6 is 0 Å². The molecule has 8 heteroatoms. The Labute approximate surface area is 141 Å². The number of pyridine rings is 1. The lowest BCUT2D eigenvalue weighted by Gasteiger charge is -2.18. The number of ether oxygens (including phenoxy) is 1. The van der Waals surface area contributed by atoms with Gasteiger partial charge >= 0.3 is 6.18 Å². The van der Waals surface area contributed by atoms with Crippen LogP contribution in [-0.2, 0) is 6.18 Å². The Morgan fingerprint density at radius 1 is 1.08 bits per heavy atom. The van der Waals surface area contributed by atoms with Gasteiger partial charge in [-0.15, -0.1) is 0 Å². The van der Waals surface area contributed by atoms with Crippen LogP contribution in [-0.4, -0.2) is 27.6 Å². The molecule has 0 fully saturated rings. The van der Waals surface area contributed by atoms with Crippen molar-refractivity contribution in [1.29, 1.82) is 0 Å². The maximum atomic E-state index is 12.9. The smallest absolute Gasteiger partial charge is 0.419 e. The van der Waals surface area contributed by atoms with E-state index in [2.05, 4.69) is 20.3 Å². The monoisotopic (exact) mass is 348 g/mol. The molecule has 3 aromatic rings. The van der Waals surface area contributed by atoms with Crippen LogP contribution in [0.25, 0.3) is 11.2 Å². The van der Waals surface area contributed by atoms with Gasteiger partial charge in [-0.05, 0) is 31.2 Å². The molecule has 0 radical (unpaired) electrons.